The zero-order chi connectivity index (χ0) is 21.9. The van der Waals surface area contributed by atoms with Crippen LogP contribution in [0.1, 0.15) is 15.9 Å². The molecular weight excluding hydrogens is 420 g/mol. The molecule has 0 aliphatic carbocycles. The fraction of sp³-hybridized carbons (Fsp3) is 0.192. The van der Waals surface area contributed by atoms with Crippen molar-refractivity contribution in [1.29, 1.82) is 0 Å². The number of rotatable bonds is 4. The number of aromatic nitrogens is 2. The Labute approximate surface area is 192 Å². The maximum atomic E-state index is 13.6. The van der Waals surface area contributed by atoms with Crippen LogP contribution in [0.5, 0.6) is 0 Å². The first-order valence-corrected chi connectivity index (χ1v) is 11.1. The lowest BCUT2D eigenvalue weighted by atomic mass is 10.0. The van der Waals surface area contributed by atoms with Crippen molar-refractivity contribution in [1.82, 2.24) is 19.8 Å². The summed E-state index contributed by atoms with van der Waals surface area (Å²) < 4.78 is 0. The number of carbonyl (C=O) groups excluding carboxylic acids is 1. The van der Waals surface area contributed by atoms with Gasteiger partial charge in [-0.1, -0.05) is 41.9 Å². The minimum Gasteiger partial charge on any atom is -0.336 e. The third kappa shape index (κ3) is 4.35. The normalized spacial score (nSPS) is 14.6. The van der Waals surface area contributed by atoms with Crippen molar-refractivity contribution < 1.29 is 4.79 Å². The molecule has 2 aromatic heterocycles. The molecule has 4 aromatic rings. The molecule has 6 heteroatoms. The van der Waals surface area contributed by atoms with Gasteiger partial charge in [0.1, 0.15) is 0 Å². The minimum absolute atomic E-state index is 0.0602. The second-order valence-electron chi connectivity index (χ2n) is 8.00. The lowest BCUT2D eigenvalue weighted by Crippen LogP contribution is -2.48. The average Bonchev–Trinajstić information content (AvgIpc) is 2.85. The number of para-hydroxylation sites is 1. The Kier molecular flexibility index (Phi) is 5.84. The number of carbonyl (C=O) groups is 1. The molecule has 5 nitrogen and oxygen atoms in total. The van der Waals surface area contributed by atoms with E-state index in [1.54, 1.807) is 12.4 Å². The van der Waals surface area contributed by atoms with Gasteiger partial charge in [0.15, 0.2) is 0 Å². The first kappa shape index (κ1) is 20.6. The van der Waals surface area contributed by atoms with Gasteiger partial charge in [0, 0.05) is 61.1 Å². The molecule has 1 aliphatic heterocycles. The summed E-state index contributed by atoms with van der Waals surface area (Å²) in [6.07, 6.45) is 3.49. The molecule has 1 aliphatic rings. The number of halogens is 1. The lowest BCUT2D eigenvalue weighted by Gasteiger charge is -2.35. The van der Waals surface area contributed by atoms with Crippen LogP contribution >= 0.6 is 11.6 Å². The van der Waals surface area contributed by atoms with Gasteiger partial charge >= 0.3 is 0 Å². The van der Waals surface area contributed by atoms with Gasteiger partial charge in [0.2, 0.25) is 0 Å². The summed E-state index contributed by atoms with van der Waals surface area (Å²) in [4.78, 5) is 26.8. The van der Waals surface area contributed by atoms with E-state index in [1.165, 1.54) is 5.56 Å². The van der Waals surface area contributed by atoms with Gasteiger partial charge in [0.05, 0.1) is 16.8 Å². The van der Waals surface area contributed by atoms with E-state index in [0.29, 0.717) is 18.7 Å². The molecule has 160 valence electrons. The Hall–Kier alpha value is -3.28. The molecule has 1 amide bonds. The van der Waals surface area contributed by atoms with Crippen molar-refractivity contribution in [2.24, 2.45) is 0 Å². The van der Waals surface area contributed by atoms with Gasteiger partial charge in [0.25, 0.3) is 5.91 Å². The predicted octanol–water partition coefficient (Wildman–Crippen LogP) is 4.91. The van der Waals surface area contributed by atoms with Crippen LogP contribution in [0, 0.1) is 0 Å². The number of pyridine rings is 2. The number of amides is 1. The summed E-state index contributed by atoms with van der Waals surface area (Å²) in [5.74, 6) is 0.0602. The van der Waals surface area contributed by atoms with E-state index in [0.717, 1.165) is 46.8 Å². The third-order valence-corrected chi connectivity index (χ3v) is 6.15. The number of benzene rings is 2. The number of hydrogen-bond acceptors (Lipinski definition) is 4. The summed E-state index contributed by atoms with van der Waals surface area (Å²) in [5.41, 5.74) is 4.50. The molecule has 0 atom stereocenters. The van der Waals surface area contributed by atoms with Crippen molar-refractivity contribution in [2.45, 2.75) is 6.54 Å². The largest absolute Gasteiger partial charge is 0.336 e. The van der Waals surface area contributed by atoms with Crippen LogP contribution in [0.4, 0.5) is 0 Å². The zero-order valence-corrected chi connectivity index (χ0v) is 18.4. The topological polar surface area (TPSA) is 49.3 Å². The maximum Gasteiger partial charge on any atom is 0.254 e. The Morgan fingerprint density at radius 3 is 2.38 bits per heavy atom. The van der Waals surface area contributed by atoms with Gasteiger partial charge in [-0.2, -0.15) is 0 Å². The fourth-order valence-corrected chi connectivity index (χ4v) is 4.28. The molecule has 0 spiro atoms. The highest BCUT2D eigenvalue weighted by Gasteiger charge is 2.24. The van der Waals surface area contributed by atoms with Crippen LogP contribution in [0.25, 0.3) is 22.2 Å². The molecular formula is C26H23ClN4O. The van der Waals surface area contributed by atoms with E-state index in [4.69, 9.17) is 16.6 Å². The Bertz CT molecular complexity index is 1240. The highest BCUT2D eigenvalue weighted by atomic mass is 35.5. The molecule has 0 bridgehead atoms. The third-order valence-electron chi connectivity index (χ3n) is 5.90. The monoisotopic (exact) mass is 442 g/mol. The number of piperazine rings is 1. The van der Waals surface area contributed by atoms with Crippen molar-refractivity contribution >= 4 is 28.4 Å². The van der Waals surface area contributed by atoms with Gasteiger partial charge in [-0.15, -0.1) is 0 Å². The van der Waals surface area contributed by atoms with Gasteiger partial charge in [-0.25, -0.2) is 4.98 Å². The second kappa shape index (κ2) is 9.07. The van der Waals surface area contributed by atoms with E-state index >= 15 is 0 Å². The highest BCUT2D eigenvalue weighted by molar-refractivity contribution is 6.30. The molecule has 32 heavy (non-hydrogen) atoms. The minimum atomic E-state index is 0.0602. The van der Waals surface area contributed by atoms with Crippen LogP contribution in [0.2, 0.25) is 5.02 Å². The van der Waals surface area contributed by atoms with Gasteiger partial charge in [-0.3, -0.25) is 14.7 Å². The first-order chi connectivity index (χ1) is 15.7. The van der Waals surface area contributed by atoms with E-state index in [1.807, 2.05) is 59.5 Å². The highest BCUT2D eigenvalue weighted by Crippen LogP contribution is 2.26. The summed E-state index contributed by atoms with van der Waals surface area (Å²) in [6.45, 7) is 3.95. The van der Waals surface area contributed by atoms with E-state index < -0.39 is 0 Å². The molecule has 0 radical (unpaired) electrons. The summed E-state index contributed by atoms with van der Waals surface area (Å²) in [7, 11) is 0. The molecule has 0 saturated carbocycles. The molecule has 2 aromatic carbocycles. The van der Waals surface area contributed by atoms with Crippen molar-refractivity contribution in [3.8, 4) is 11.3 Å². The Morgan fingerprint density at radius 1 is 0.906 bits per heavy atom. The average molecular weight is 443 g/mol. The molecule has 1 fully saturated rings. The van der Waals surface area contributed by atoms with Crippen molar-refractivity contribution in [3.05, 3.63) is 95.3 Å². The number of fused-ring (bicyclic) bond motifs is 1. The van der Waals surface area contributed by atoms with Gasteiger partial charge < -0.3 is 4.90 Å². The molecule has 0 unspecified atom stereocenters. The van der Waals surface area contributed by atoms with Crippen LogP contribution in [0.3, 0.4) is 0 Å². The number of hydrogen-bond donors (Lipinski definition) is 0. The van der Waals surface area contributed by atoms with E-state index in [2.05, 4.69) is 22.0 Å². The molecule has 3 heterocycles. The quantitative estimate of drug-likeness (QED) is 0.450. The maximum absolute atomic E-state index is 13.6. The van der Waals surface area contributed by atoms with Crippen molar-refractivity contribution in [2.75, 3.05) is 26.2 Å². The van der Waals surface area contributed by atoms with E-state index in [9.17, 15) is 4.79 Å². The van der Waals surface area contributed by atoms with Crippen LogP contribution < -0.4 is 0 Å². The van der Waals surface area contributed by atoms with Gasteiger partial charge in [-0.05, 0) is 42.0 Å². The van der Waals surface area contributed by atoms with Crippen LogP contribution in [-0.4, -0.2) is 51.9 Å². The standard InChI is InChI=1S/C26H23ClN4O/c27-21-7-5-19(6-8-21)18-30-13-15-31(16-14-30)26(32)23-17-25(20-9-11-28-12-10-20)29-24-4-2-1-3-22(23)24/h1-12,17H,13-16,18H2. The van der Waals surface area contributed by atoms with Crippen molar-refractivity contribution in [3.63, 3.8) is 0 Å². The Balaban J connectivity index is 1.36. The molecule has 1 saturated heterocycles. The predicted molar refractivity (Wildman–Crippen MR) is 128 cm³/mol. The number of nitrogens with zero attached hydrogens (tertiary/aromatic N) is 4. The Morgan fingerprint density at radius 2 is 1.62 bits per heavy atom. The molecule has 0 N–H and O–H groups in total. The molecule has 5 rings (SSSR count). The van der Waals surface area contributed by atoms with Crippen LogP contribution in [-0.2, 0) is 6.54 Å². The summed E-state index contributed by atoms with van der Waals surface area (Å²) in [6, 6.07) is 21.6. The SMILES string of the molecule is O=C(c1cc(-c2ccncc2)nc2ccccc12)N1CCN(Cc2ccc(Cl)cc2)CC1. The zero-order valence-electron chi connectivity index (χ0n) is 17.6. The second-order valence-corrected chi connectivity index (χ2v) is 8.44. The summed E-state index contributed by atoms with van der Waals surface area (Å²) in [5, 5.41) is 1.64. The fourth-order valence-electron chi connectivity index (χ4n) is 4.15. The smallest absolute Gasteiger partial charge is 0.254 e. The lowest BCUT2D eigenvalue weighted by molar-refractivity contribution is 0.0630. The van der Waals surface area contributed by atoms with E-state index in [-0.39, 0.29) is 5.91 Å². The van der Waals surface area contributed by atoms with Crippen LogP contribution in [0.15, 0.2) is 79.1 Å². The first-order valence-electron chi connectivity index (χ1n) is 10.7. The summed E-state index contributed by atoms with van der Waals surface area (Å²) >= 11 is 5.99.